The average molecular weight is 183 g/mol. The molecular formula is C12H25N. The molecule has 1 heteroatoms. The molecule has 0 spiro atoms. The van der Waals surface area contributed by atoms with Crippen molar-refractivity contribution in [2.45, 2.75) is 70.8 Å². The second-order valence-corrected chi connectivity index (χ2v) is 4.56. The molecule has 0 saturated heterocycles. The standard InChI is InChI=1S/C12H25N/c1-2-3-4-5-6-10-12(13)11-8-7-9-11/h11-12H,2-10,13H2,1H3. The van der Waals surface area contributed by atoms with Gasteiger partial charge in [-0.25, -0.2) is 0 Å². The maximum Gasteiger partial charge on any atom is 0.00671 e. The van der Waals surface area contributed by atoms with E-state index >= 15 is 0 Å². The molecule has 0 aliphatic heterocycles. The number of rotatable bonds is 7. The van der Waals surface area contributed by atoms with Gasteiger partial charge in [-0.05, 0) is 25.2 Å². The molecule has 0 aromatic carbocycles. The molecule has 2 N–H and O–H groups in total. The minimum atomic E-state index is 0.523. The zero-order chi connectivity index (χ0) is 9.52. The second-order valence-electron chi connectivity index (χ2n) is 4.56. The van der Waals surface area contributed by atoms with Crippen LogP contribution in [0.3, 0.4) is 0 Å². The Morgan fingerprint density at radius 1 is 1.15 bits per heavy atom. The summed E-state index contributed by atoms with van der Waals surface area (Å²) in [5, 5.41) is 0. The highest BCUT2D eigenvalue weighted by molar-refractivity contribution is 4.79. The van der Waals surface area contributed by atoms with Gasteiger partial charge in [0.25, 0.3) is 0 Å². The smallest absolute Gasteiger partial charge is 0.00671 e. The summed E-state index contributed by atoms with van der Waals surface area (Å²) >= 11 is 0. The van der Waals surface area contributed by atoms with Crippen LogP contribution >= 0.6 is 0 Å². The summed E-state index contributed by atoms with van der Waals surface area (Å²) in [5.74, 6) is 0.881. The van der Waals surface area contributed by atoms with Gasteiger partial charge in [0, 0.05) is 6.04 Å². The molecule has 0 heterocycles. The Bertz CT molecular complexity index is 118. The number of hydrogen-bond acceptors (Lipinski definition) is 1. The van der Waals surface area contributed by atoms with Crippen LogP contribution in [0.25, 0.3) is 0 Å². The molecule has 1 aliphatic rings. The van der Waals surface area contributed by atoms with Crippen LogP contribution in [0.4, 0.5) is 0 Å². The van der Waals surface area contributed by atoms with Gasteiger partial charge in [0.15, 0.2) is 0 Å². The molecule has 1 fully saturated rings. The van der Waals surface area contributed by atoms with Crippen LogP contribution in [0.5, 0.6) is 0 Å². The highest BCUT2D eigenvalue weighted by Crippen LogP contribution is 2.30. The fraction of sp³-hybridized carbons (Fsp3) is 1.00. The van der Waals surface area contributed by atoms with Crippen molar-refractivity contribution in [2.24, 2.45) is 11.7 Å². The Hall–Kier alpha value is -0.0400. The zero-order valence-electron chi connectivity index (χ0n) is 9.10. The van der Waals surface area contributed by atoms with Crippen molar-refractivity contribution in [3.8, 4) is 0 Å². The van der Waals surface area contributed by atoms with E-state index in [1.165, 1.54) is 57.8 Å². The second kappa shape index (κ2) is 6.42. The van der Waals surface area contributed by atoms with E-state index in [9.17, 15) is 0 Å². The fourth-order valence-corrected chi connectivity index (χ4v) is 2.09. The van der Waals surface area contributed by atoms with E-state index in [2.05, 4.69) is 6.92 Å². The third-order valence-electron chi connectivity index (χ3n) is 3.40. The Morgan fingerprint density at radius 2 is 1.85 bits per heavy atom. The quantitative estimate of drug-likeness (QED) is 0.601. The average Bonchev–Trinajstić information content (AvgIpc) is 2.01. The van der Waals surface area contributed by atoms with Crippen LogP contribution < -0.4 is 5.73 Å². The van der Waals surface area contributed by atoms with E-state index in [4.69, 9.17) is 5.73 Å². The van der Waals surface area contributed by atoms with Crippen molar-refractivity contribution in [3.63, 3.8) is 0 Å². The Morgan fingerprint density at radius 3 is 2.38 bits per heavy atom. The number of nitrogens with two attached hydrogens (primary N) is 1. The van der Waals surface area contributed by atoms with Crippen molar-refractivity contribution in [2.75, 3.05) is 0 Å². The predicted molar refractivity (Wildman–Crippen MR) is 58.7 cm³/mol. The van der Waals surface area contributed by atoms with E-state index in [0.717, 1.165) is 5.92 Å². The summed E-state index contributed by atoms with van der Waals surface area (Å²) in [6.07, 6.45) is 12.4. The van der Waals surface area contributed by atoms with Gasteiger partial charge in [-0.2, -0.15) is 0 Å². The molecule has 0 aromatic heterocycles. The summed E-state index contributed by atoms with van der Waals surface area (Å²) in [6.45, 7) is 2.26. The van der Waals surface area contributed by atoms with Crippen molar-refractivity contribution in [1.29, 1.82) is 0 Å². The summed E-state index contributed by atoms with van der Waals surface area (Å²) in [4.78, 5) is 0. The fourth-order valence-electron chi connectivity index (χ4n) is 2.09. The highest BCUT2D eigenvalue weighted by Gasteiger charge is 2.23. The maximum absolute atomic E-state index is 6.09. The van der Waals surface area contributed by atoms with E-state index in [0.29, 0.717) is 6.04 Å². The van der Waals surface area contributed by atoms with Crippen LogP contribution in [0, 0.1) is 5.92 Å². The first-order valence-corrected chi connectivity index (χ1v) is 6.10. The summed E-state index contributed by atoms with van der Waals surface area (Å²) in [7, 11) is 0. The van der Waals surface area contributed by atoms with Crippen LogP contribution in [0.1, 0.15) is 64.7 Å². The van der Waals surface area contributed by atoms with Crippen LogP contribution in [0.2, 0.25) is 0 Å². The Balaban J connectivity index is 1.86. The third kappa shape index (κ3) is 4.12. The molecule has 0 amide bonds. The van der Waals surface area contributed by atoms with Gasteiger partial charge in [0.05, 0.1) is 0 Å². The van der Waals surface area contributed by atoms with E-state index < -0.39 is 0 Å². The van der Waals surface area contributed by atoms with Crippen LogP contribution in [-0.2, 0) is 0 Å². The van der Waals surface area contributed by atoms with Gasteiger partial charge in [0.2, 0.25) is 0 Å². The molecule has 78 valence electrons. The molecule has 0 aromatic rings. The molecule has 1 rings (SSSR count). The molecule has 1 aliphatic carbocycles. The predicted octanol–water partition coefficient (Wildman–Crippen LogP) is 3.47. The lowest BCUT2D eigenvalue weighted by atomic mass is 9.78. The maximum atomic E-state index is 6.09. The largest absolute Gasteiger partial charge is 0.327 e. The Kier molecular flexibility index (Phi) is 5.45. The lowest BCUT2D eigenvalue weighted by Crippen LogP contribution is -2.34. The molecule has 1 saturated carbocycles. The molecular weight excluding hydrogens is 158 g/mol. The van der Waals surface area contributed by atoms with Crippen molar-refractivity contribution >= 4 is 0 Å². The van der Waals surface area contributed by atoms with Gasteiger partial charge < -0.3 is 5.73 Å². The first-order valence-electron chi connectivity index (χ1n) is 6.10. The normalized spacial score (nSPS) is 19.8. The third-order valence-corrected chi connectivity index (χ3v) is 3.40. The van der Waals surface area contributed by atoms with E-state index in [1.54, 1.807) is 0 Å². The summed E-state index contributed by atoms with van der Waals surface area (Å²) in [6, 6.07) is 0.523. The lowest BCUT2D eigenvalue weighted by molar-refractivity contribution is 0.249. The van der Waals surface area contributed by atoms with Crippen molar-refractivity contribution in [3.05, 3.63) is 0 Å². The monoisotopic (exact) mass is 183 g/mol. The summed E-state index contributed by atoms with van der Waals surface area (Å²) < 4.78 is 0. The first kappa shape index (κ1) is 11.0. The van der Waals surface area contributed by atoms with Gasteiger partial charge in [0.1, 0.15) is 0 Å². The van der Waals surface area contributed by atoms with Crippen LogP contribution in [0.15, 0.2) is 0 Å². The van der Waals surface area contributed by atoms with Crippen molar-refractivity contribution < 1.29 is 0 Å². The van der Waals surface area contributed by atoms with Gasteiger partial charge in [-0.15, -0.1) is 0 Å². The SMILES string of the molecule is CCCCCCCC(N)C1CCC1. The van der Waals surface area contributed by atoms with Gasteiger partial charge in [-0.1, -0.05) is 45.4 Å². The van der Waals surface area contributed by atoms with E-state index in [-0.39, 0.29) is 0 Å². The lowest BCUT2D eigenvalue weighted by Gasteiger charge is -2.31. The number of hydrogen-bond donors (Lipinski definition) is 1. The molecule has 1 unspecified atom stereocenters. The first-order chi connectivity index (χ1) is 6.34. The molecule has 13 heavy (non-hydrogen) atoms. The number of unbranched alkanes of at least 4 members (excludes halogenated alkanes) is 4. The molecule has 0 bridgehead atoms. The highest BCUT2D eigenvalue weighted by atomic mass is 14.7. The topological polar surface area (TPSA) is 26.0 Å². The van der Waals surface area contributed by atoms with Gasteiger partial charge >= 0.3 is 0 Å². The minimum Gasteiger partial charge on any atom is -0.327 e. The minimum absolute atomic E-state index is 0.523. The summed E-state index contributed by atoms with van der Waals surface area (Å²) in [5.41, 5.74) is 6.09. The Labute approximate surface area is 83.1 Å². The van der Waals surface area contributed by atoms with Gasteiger partial charge in [-0.3, -0.25) is 0 Å². The molecule has 1 nitrogen and oxygen atoms in total. The van der Waals surface area contributed by atoms with Crippen LogP contribution in [-0.4, -0.2) is 6.04 Å². The van der Waals surface area contributed by atoms with E-state index in [1.807, 2.05) is 0 Å². The van der Waals surface area contributed by atoms with Crippen molar-refractivity contribution in [1.82, 2.24) is 0 Å². The zero-order valence-corrected chi connectivity index (χ0v) is 9.10. The molecule has 0 radical (unpaired) electrons. The molecule has 1 atom stereocenters.